The molecule has 3 rings (SSSR count). The Morgan fingerprint density at radius 2 is 1.79 bits per heavy atom. The summed E-state index contributed by atoms with van der Waals surface area (Å²) in [6.07, 6.45) is -0.826. The third kappa shape index (κ3) is 5.27. The monoisotopic (exact) mass is 421 g/mol. The molecule has 0 unspecified atom stereocenters. The van der Waals surface area contributed by atoms with Crippen LogP contribution >= 0.6 is 0 Å². The second kappa shape index (κ2) is 9.58. The standard InChI is InChI=1S/C21H28N2O5S/c1-17-7-9-19(10-8-17)29(25,26)23(20-5-3-4-6-21(20)27-2)16-18(24)15-22-11-13-28-14-12-22/h3-10,18,24H,11-16H2,1-2H3/p+1/t18-/m0/s1. The number of aliphatic hydroxyl groups excluding tert-OH is 1. The number of aryl methyl sites for hydroxylation is 1. The van der Waals surface area contributed by atoms with Gasteiger partial charge in [-0.3, -0.25) is 4.31 Å². The number of ether oxygens (including phenoxy) is 2. The summed E-state index contributed by atoms with van der Waals surface area (Å²) in [5.74, 6) is 0.439. The number of anilines is 1. The Labute approximate surface area is 172 Å². The van der Waals surface area contributed by atoms with Crippen molar-refractivity contribution in [1.29, 1.82) is 0 Å². The number of benzene rings is 2. The van der Waals surface area contributed by atoms with Crippen molar-refractivity contribution < 1.29 is 27.9 Å². The number of aliphatic hydroxyl groups is 1. The molecule has 0 aliphatic carbocycles. The molecular formula is C21H29N2O5S+. The van der Waals surface area contributed by atoms with Gasteiger partial charge in [-0.15, -0.1) is 0 Å². The Hall–Kier alpha value is -2.13. The molecule has 1 aliphatic heterocycles. The molecular weight excluding hydrogens is 392 g/mol. The number of methoxy groups -OCH3 is 1. The maximum Gasteiger partial charge on any atom is 0.264 e. The second-order valence-electron chi connectivity index (χ2n) is 7.24. The van der Waals surface area contributed by atoms with E-state index in [0.717, 1.165) is 18.7 Å². The molecule has 1 heterocycles. The zero-order valence-corrected chi connectivity index (χ0v) is 17.7. The van der Waals surface area contributed by atoms with Crippen LogP contribution < -0.4 is 13.9 Å². The Morgan fingerprint density at radius 1 is 1.14 bits per heavy atom. The molecule has 0 spiro atoms. The van der Waals surface area contributed by atoms with Gasteiger partial charge in [0.25, 0.3) is 10.0 Å². The lowest BCUT2D eigenvalue weighted by Gasteiger charge is -2.30. The minimum atomic E-state index is -3.88. The lowest BCUT2D eigenvalue weighted by Crippen LogP contribution is -3.15. The summed E-state index contributed by atoms with van der Waals surface area (Å²) in [7, 11) is -2.38. The SMILES string of the molecule is COc1ccccc1N(C[C@@H](O)C[NH+]1CCOCC1)S(=O)(=O)c1ccc(C)cc1. The van der Waals surface area contributed by atoms with E-state index in [4.69, 9.17) is 9.47 Å². The summed E-state index contributed by atoms with van der Waals surface area (Å²) in [4.78, 5) is 1.39. The van der Waals surface area contributed by atoms with Crippen LogP contribution in [0.5, 0.6) is 5.75 Å². The van der Waals surface area contributed by atoms with Crippen LogP contribution in [0.15, 0.2) is 53.4 Å². The van der Waals surface area contributed by atoms with Gasteiger partial charge in [-0.2, -0.15) is 0 Å². The molecule has 0 aromatic heterocycles. The Balaban J connectivity index is 1.92. The highest BCUT2D eigenvalue weighted by molar-refractivity contribution is 7.92. The first-order valence-electron chi connectivity index (χ1n) is 9.73. The van der Waals surface area contributed by atoms with Gasteiger partial charge >= 0.3 is 0 Å². The zero-order valence-electron chi connectivity index (χ0n) is 16.9. The van der Waals surface area contributed by atoms with E-state index in [0.29, 0.717) is 31.2 Å². The molecule has 0 amide bonds. The third-order valence-corrected chi connectivity index (χ3v) is 6.86. The van der Waals surface area contributed by atoms with Crippen LogP contribution in [0.1, 0.15) is 5.56 Å². The van der Waals surface area contributed by atoms with Crippen molar-refractivity contribution in [3.63, 3.8) is 0 Å². The summed E-state index contributed by atoms with van der Waals surface area (Å²) in [5, 5.41) is 10.7. The smallest absolute Gasteiger partial charge is 0.264 e. The van der Waals surface area contributed by atoms with Crippen LogP contribution in [0, 0.1) is 6.92 Å². The molecule has 0 saturated carbocycles. The fourth-order valence-corrected chi connectivity index (χ4v) is 4.97. The average Bonchev–Trinajstić information content (AvgIpc) is 2.73. The topological polar surface area (TPSA) is 80.5 Å². The first-order valence-corrected chi connectivity index (χ1v) is 11.2. The van der Waals surface area contributed by atoms with Gasteiger partial charge in [-0.25, -0.2) is 8.42 Å². The van der Waals surface area contributed by atoms with E-state index >= 15 is 0 Å². The van der Waals surface area contributed by atoms with E-state index < -0.39 is 16.1 Å². The number of nitrogens with zero attached hydrogens (tertiary/aromatic N) is 1. The van der Waals surface area contributed by atoms with Crippen LogP contribution in [0.2, 0.25) is 0 Å². The van der Waals surface area contributed by atoms with E-state index in [9.17, 15) is 13.5 Å². The van der Waals surface area contributed by atoms with Crippen molar-refractivity contribution in [1.82, 2.24) is 0 Å². The minimum Gasteiger partial charge on any atom is -0.495 e. The average molecular weight is 422 g/mol. The number of rotatable bonds is 8. The maximum atomic E-state index is 13.5. The van der Waals surface area contributed by atoms with Crippen molar-refractivity contribution in [3.8, 4) is 5.75 Å². The molecule has 1 atom stereocenters. The molecule has 29 heavy (non-hydrogen) atoms. The van der Waals surface area contributed by atoms with Crippen LogP contribution in [-0.4, -0.2) is 66.1 Å². The Morgan fingerprint density at radius 3 is 2.45 bits per heavy atom. The van der Waals surface area contributed by atoms with Crippen LogP contribution in [0.25, 0.3) is 0 Å². The van der Waals surface area contributed by atoms with Gasteiger partial charge in [-0.05, 0) is 31.2 Å². The quantitative estimate of drug-likeness (QED) is 0.648. The third-order valence-electron chi connectivity index (χ3n) is 5.06. The largest absolute Gasteiger partial charge is 0.495 e. The maximum absolute atomic E-state index is 13.5. The molecule has 2 N–H and O–H groups in total. The Bertz CT molecular complexity index is 896. The predicted molar refractivity (Wildman–Crippen MR) is 111 cm³/mol. The molecule has 7 nitrogen and oxygen atoms in total. The van der Waals surface area contributed by atoms with Crippen molar-refractivity contribution in [2.45, 2.75) is 17.9 Å². The van der Waals surface area contributed by atoms with E-state index in [2.05, 4.69) is 0 Å². The number of nitrogens with one attached hydrogen (secondary N) is 1. The van der Waals surface area contributed by atoms with Crippen molar-refractivity contribution in [3.05, 3.63) is 54.1 Å². The highest BCUT2D eigenvalue weighted by atomic mass is 32.2. The number of hydrogen-bond donors (Lipinski definition) is 2. The molecule has 158 valence electrons. The first kappa shape index (κ1) is 21.6. The van der Waals surface area contributed by atoms with Gasteiger partial charge in [0.05, 0.1) is 37.5 Å². The lowest BCUT2D eigenvalue weighted by molar-refractivity contribution is -0.910. The second-order valence-corrected chi connectivity index (χ2v) is 9.10. The van der Waals surface area contributed by atoms with Crippen molar-refractivity contribution in [2.75, 3.05) is 50.8 Å². The molecule has 0 radical (unpaired) electrons. The van der Waals surface area contributed by atoms with Gasteiger partial charge in [0, 0.05) is 0 Å². The number of quaternary nitrogens is 1. The molecule has 8 heteroatoms. The van der Waals surface area contributed by atoms with Crippen LogP contribution in [0.3, 0.4) is 0 Å². The number of morpholine rings is 1. The van der Waals surface area contributed by atoms with Gasteiger partial charge < -0.3 is 19.5 Å². The van der Waals surface area contributed by atoms with Gasteiger partial charge in [0.15, 0.2) is 0 Å². The molecule has 1 fully saturated rings. The summed E-state index contributed by atoms with van der Waals surface area (Å²) in [5.41, 5.74) is 1.38. The number of hydrogen-bond acceptors (Lipinski definition) is 5. The fourth-order valence-electron chi connectivity index (χ4n) is 3.45. The van der Waals surface area contributed by atoms with E-state index in [1.807, 2.05) is 6.92 Å². The minimum absolute atomic E-state index is 0.0546. The zero-order chi connectivity index (χ0) is 20.9. The highest BCUT2D eigenvalue weighted by Gasteiger charge is 2.30. The first-order chi connectivity index (χ1) is 13.9. The highest BCUT2D eigenvalue weighted by Crippen LogP contribution is 2.32. The number of sulfonamides is 1. The van der Waals surface area contributed by atoms with Gasteiger partial charge in [0.2, 0.25) is 0 Å². The van der Waals surface area contributed by atoms with Crippen LogP contribution in [0.4, 0.5) is 5.69 Å². The number of para-hydroxylation sites is 2. The predicted octanol–water partition coefficient (Wildman–Crippen LogP) is 0.475. The van der Waals surface area contributed by atoms with Crippen LogP contribution in [-0.2, 0) is 14.8 Å². The van der Waals surface area contributed by atoms with E-state index in [1.165, 1.54) is 16.3 Å². The molecule has 1 saturated heterocycles. The van der Waals surface area contributed by atoms with Crippen molar-refractivity contribution >= 4 is 15.7 Å². The lowest BCUT2D eigenvalue weighted by atomic mass is 10.2. The summed E-state index contributed by atoms with van der Waals surface area (Å²) < 4.78 is 39.0. The van der Waals surface area contributed by atoms with E-state index in [1.54, 1.807) is 48.5 Å². The van der Waals surface area contributed by atoms with Gasteiger partial charge in [-0.1, -0.05) is 29.8 Å². The summed E-state index contributed by atoms with van der Waals surface area (Å²) in [6.45, 7) is 5.22. The normalized spacial score (nSPS) is 16.4. The fraction of sp³-hybridized carbons (Fsp3) is 0.429. The molecule has 2 aromatic rings. The van der Waals surface area contributed by atoms with Crippen molar-refractivity contribution in [2.24, 2.45) is 0 Å². The molecule has 2 aromatic carbocycles. The summed E-state index contributed by atoms with van der Waals surface area (Å²) >= 11 is 0. The van der Waals surface area contributed by atoms with E-state index in [-0.39, 0.29) is 11.4 Å². The molecule has 0 bridgehead atoms. The Kier molecular flexibility index (Phi) is 7.13. The van der Waals surface area contributed by atoms with Gasteiger partial charge in [0.1, 0.15) is 31.5 Å². The summed E-state index contributed by atoms with van der Waals surface area (Å²) in [6, 6.07) is 13.7. The molecule has 1 aliphatic rings.